The molecule has 2 N–H and O–H groups in total. The Labute approximate surface area is 97.2 Å². The first kappa shape index (κ1) is 12.7. The van der Waals surface area contributed by atoms with Gasteiger partial charge in [-0.15, -0.1) is 0 Å². The van der Waals surface area contributed by atoms with E-state index in [0.29, 0.717) is 6.42 Å². The molecule has 0 saturated heterocycles. The number of carbonyl (C=O) groups is 1. The van der Waals surface area contributed by atoms with Gasteiger partial charge in [-0.1, -0.05) is 45.0 Å². The van der Waals surface area contributed by atoms with Gasteiger partial charge in [0, 0.05) is 7.05 Å². The van der Waals surface area contributed by atoms with E-state index in [1.807, 2.05) is 12.1 Å². The molecule has 0 aliphatic rings. The van der Waals surface area contributed by atoms with Crippen molar-refractivity contribution in [1.29, 1.82) is 0 Å². The van der Waals surface area contributed by atoms with E-state index in [1.165, 1.54) is 5.56 Å². The molecule has 88 valence electrons. The van der Waals surface area contributed by atoms with Crippen LogP contribution in [0.25, 0.3) is 0 Å². The topological polar surface area (TPSA) is 46.3 Å². The molecule has 0 aliphatic carbocycles. The van der Waals surface area contributed by atoms with Crippen LogP contribution in [-0.2, 0) is 16.6 Å². The monoisotopic (exact) mass is 220 g/mol. The normalized spacial score (nSPS) is 11.3. The van der Waals surface area contributed by atoms with E-state index >= 15 is 0 Å². The van der Waals surface area contributed by atoms with Gasteiger partial charge in [-0.2, -0.15) is 0 Å². The van der Waals surface area contributed by atoms with E-state index in [4.69, 9.17) is 5.84 Å². The quantitative estimate of drug-likeness (QED) is 0.470. The highest BCUT2D eigenvalue weighted by Gasteiger charge is 2.13. The molecule has 1 aromatic rings. The molecule has 16 heavy (non-hydrogen) atoms. The van der Waals surface area contributed by atoms with Crippen LogP contribution in [0.2, 0.25) is 0 Å². The number of hydrogen-bond acceptors (Lipinski definition) is 2. The van der Waals surface area contributed by atoms with Gasteiger partial charge in [-0.05, 0) is 16.5 Å². The van der Waals surface area contributed by atoms with Crippen LogP contribution in [-0.4, -0.2) is 18.0 Å². The number of amides is 1. The molecule has 0 aliphatic heterocycles. The van der Waals surface area contributed by atoms with E-state index in [0.717, 1.165) is 10.6 Å². The first-order valence-electron chi connectivity index (χ1n) is 5.41. The molecule has 0 bridgehead atoms. The summed E-state index contributed by atoms with van der Waals surface area (Å²) in [5.41, 5.74) is 2.41. The predicted octanol–water partition coefficient (Wildman–Crippen LogP) is 1.86. The molecule has 0 unspecified atom stereocenters. The maximum absolute atomic E-state index is 11.4. The van der Waals surface area contributed by atoms with Crippen LogP contribution in [0.5, 0.6) is 0 Å². The molecule has 0 heterocycles. The fraction of sp³-hybridized carbons (Fsp3) is 0.462. The Hall–Kier alpha value is -1.35. The summed E-state index contributed by atoms with van der Waals surface area (Å²) in [5, 5.41) is 1.12. The number of rotatable bonds is 2. The number of nitrogens with zero attached hydrogens (tertiary/aromatic N) is 1. The van der Waals surface area contributed by atoms with Crippen molar-refractivity contribution >= 4 is 5.91 Å². The molecular formula is C13H20N2O. The highest BCUT2D eigenvalue weighted by atomic mass is 16.2. The van der Waals surface area contributed by atoms with E-state index in [2.05, 4.69) is 32.9 Å². The van der Waals surface area contributed by atoms with Gasteiger partial charge in [0.2, 0.25) is 5.91 Å². The Morgan fingerprint density at radius 1 is 1.25 bits per heavy atom. The largest absolute Gasteiger partial charge is 0.284 e. The molecule has 1 rings (SSSR count). The van der Waals surface area contributed by atoms with E-state index in [9.17, 15) is 4.79 Å². The van der Waals surface area contributed by atoms with Crippen LogP contribution in [0.4, 0.5) is 0 Å². The van der Waals surface area contributed by atoms with Crippen molar-refractivity contribution in [2.45, 2.75) is 32.6 Å². The van der Waals surface area contributed by atoms with Gasteiger partial charge < -0.3 is 0 Å². The summed E-state index contributed by atoms with van der Waals surface area (Å²) in [6, 6.07) is 8.11. The van der Waals surface area contributed by atoms with Gasteiger partial charge in [0.05, 0.1) is 6.42 Å². The highest BCUT2D eigenvalue weighted by molar-refractivity contribution is 5.77. The lowest BCUT2D eigenvalue weighted by atomic mass is 9.86. The van der Waals surface area contributed by atoms with Gasteiger partial charge in [0.15, 0.2) is 0 Å². The zero-order chi connectivity index (χ0) is 12.3. The molecule has 1 aromatic carbocycles. The van der Waals surface area contributed by atoms with Crippen molar-refractivity contribution in [3.63, 3.8) is 0 Å². The van der Waals surface area contributed by atoms with Crippen LogP contribution < -0.4 is 5.84 Å². The van der Waals surface area contributed by atoms with Gasteiger partial charge >= 0.3 is 0 Å². The number of hydrogen-bond donors (Lipinski definition) is 1. The molecular weight excluding hydrogens is 200 g/mol. The summed E-state index contributed by atoms with van der Waals surface area (Å²) in [5.74, 6) is 5.29. The van der Waals surface area contributed by atoms with Crippen molar-refractivity contribution < 1.29 is 4.79 Å². The summed E-state index contributed by atoms with van der Waals surface area (Å²) in [6.45, 7) is 6.50. The van der Waals surface area contributed by atoms with Crippen LogP contribution in [0.1, 0.15) is 31.9 Å². The van der Waals surface area contributed by atoms with Crippen LogP contribution in [0, 0.1) is 0 Å². The van der Waals surface area contributed by atoms with Gasteiger partial charge in [-0.25, -0.2) is 5.84 Å². The van der Waals surface area contributed by atoms with Crippen molar-refractivity contribution in [3.8, 4) is 0 Å². The minimum Gasteiger partial charge on any atom is -0.284 e. The maximum Gasteiger partial charge on any atom is 0.240 e. The molecule has 0 spiro atoms. The molecule has 0 aromatic heterocycles. The first-order chi connectivity index (χ1) is 7.30. The summed E-state index contributed by atoms with van der Waals surface area (Å²) >= 11 is 0. The van der Waals surface area contributed by atoms with Crippen LogP contribution >= 0.6 is 0 Å². The summed E-state index contributed by atoms with van der Waals surface area (Å²) in [7, 11) is 1.56. The van der Waals surface area contributed by atoms with Gasteiger partial charge in [0.25, 0.3) is 0 Å². The lowest BCUT2D eigenvalue weighted by Crippen LogP contribution is -2.34. The lowest BCUT2D eigenvalue weighted by molar-refractivity contribution is -0.129. The Balaban J connectivity index is 2.76. The molecule has 0 fully saturated rings. The van der Waals surface area contributed by atoms with Crippen LogP contribution in [0.15, 0.2) is 24.3 Å². The second kappa shape index (κ2) is 4.66. The lowest BCUT2D eigenvalue weighted by Gasteiger charge is -2.19. The fourth-order valence-corrected chi connectivity index (χ4v) is 1.42. The minimum absolute atomic E-state index is 0.0801. The van der Waals surface area contributed by atoms with Crippen molar-refractivity contribution in [2.24, 2.45) is 5.84 Å². The molecule has 1 amide bonds. The fourth-order valence-electron chi connectivity index (χ4n) is 1.42. The van der Waals surface area contributed by atoms with Crippen LogP contribution in [0.3, 0.4) is 0 Å². The highest BCUT2D eigenvalue weighted by Crippen LogP contribution is 2.22. The number of likely N-dealkylation sites (N-methyl/N-ethyl adjacent to an activating group) is 1. The molecule has 0 atom stereocenters. The summed E-state index contributed by atoms with van der Waals surface area (Å²) in [4.78, 5) is 11.4. The summed E-state index contributed by atoms with van der Waals surface area (Å²) in [6.07, 6.45) is 0.359. The molecule has 0 saturated carbocycles. The number of nitrogens with two attached hydrogens (primary N) is 1. The second-order valence-corrected chi connectivity index (χ2v) is 5.13. The summed E-state index contributed by atoms with van der Waals surface area (Å²) < 4.78 is 0. The standard InChI is InChI=1S/C13H20N2O/c1-13(2,3)11-7-5-10(6-8-11)9-12(16)15(4)14/h5-8H,9,14H2,1-4H3. The number of carbonyl (C=O) groups excluding carboxylic acids is 1. The van der Waals surface area contributed by atoms with E-state index < -0.39 is 0 Å². The van der Waals surface area contributed by atoms with E-state index in [1.54, 1.807) is 7.05 Å². The van der Waals surface area contributed by atoms with Crippen molar-refractivity contribution in [3.05, 3.63) is 35.4 Å². The average Bonchev–Trinajstić information content (AvgIpc) is 2.17. The number of hydrazine groups is 1. The molecule has 0 radical (unpaired) electrons. The van der Waals surface area contributed by atoms with E-state index in [-0.39, 0.29) is 11.3 Å². The first-order valence-corrected chi connectivity index (χ1v) is 5.41. The Morgan fingerprint density at radius 2 is 1.75 bits per heavy atom. The SMILES string of the molecule is CN(N)C(=O)Cc1ccc(C(C)(C)C)cc1. The zero-order valence-corrected chi connectivity index (χ0v) is 10.4. The molecule has 3 nitrogen and oxygen atoms in total. The van der Waals surface area contributed by atoms with Gasteiger partial charge in [0.1, 0.15) is 0 Å². The average molecular weight is 220 g/mol. The zero-order valence-electron chi connectivity index (χ0n) is 10.4. The van der Waals surface area contributed by atoms with Crippen molar-refractivity contribution in [1.82, 2.24) is 5.01 Å². The Morgan fingerprint density at radius 3 is 2.12 bits per heavy atom. The van der Waals surface area contributed by atoms with Crippen molar-refractivity contribution in [2.75, 3.05) is 7.05 Å². The Kier molecular flexibility index (Phi) is 3.70. The molecule has 3 heteroatoms. The number of benzene rings is 1. The predicted molar refractivity (Wildman–Crippen MR) is 65.8 cm³/mol. The third-order valence-electron chi connectivity index (χ3n) is 2.57. The smallest absolute Gasteiger partial charge is 0.240 e. The second-order valence-electron chi connectivity index (χ2n) is 5.13. The third kappa shape index (κ3) is 3.35. The minimum atomic E-state index is -0.0801. The maximum atomic E-state index is 11.4. The third-order valence-corrected chi connectivity index (χ3v) is 2.57. The van der Waals surface area contributed by atoms with Gasteiger partial charge in [-0.3, -0.25) is 9.80 Å². The Bertz CT molecular complexity index is 361.